The summed E-state index contributed by atoms with van der Waals surface area (Å²) in [6.45, 7) is 3.42. The Bertz CT molecular complexity index is 590. The van der Waals surface area contributed by atoms with Crippen molar-refractivity contribution in [3.8, 4) is 0 Å². The zero-order valence-corrected chi connectivity index (χ0v) is 12.1. The zero-order valence-electron chi connectivity index (χ0n) is 12.1. The van der Waals surface area contributed by atoms with E-state index in [0.29, 0.717) is 12.6 Å². The first-order valence-electron chi connectivity index (χ1n) is 6.81. The third-order valence-corrected chi connectivity index (χ3v) is 3.07. The molecular weight excluding hydrogens is 281 g/mol. The van der Waals surface area contributed by atoms with Crippen LogP contribution in [-0.4, -0.2) is 23.4 Å². The maximum Gasteiger partial charge on any atom is 0.411 e. The summed E-state index contributed by atoms with van der Waals surface area (Å²) < 4.78 is 42.9. The normalized spacial score (nSPS) is 12.5. The Kier molecular flexibility index (Phi) is 4.90. The minimum atomic E-state index is -4.30. The summed E-state index contributed by atoms with van der Waals surface area (Å²) in [6, 6.07) is 7.97. The Balaban J connectivity index is 2.15. The van der Waals surface area contributed by atoms with E-state index in [-0.39, 0.29) is 6.73 Å². The Morgan fingerprint density at radius 3 is 2.62 bits per heavy atom. The predicted octanol–water partition coefficient (Wildman–Crippen LogP) is 3.68. The van der Waals surface area contributed by atoms with Gasteiger partial charge in [-0.25, -0.2) is 0 Å². The summed E-state index contributed by atoms with van der Waals surface area (Å²) in [7, 11) is 0. The summed E-state index contributed by atoms with van der Waals surface area (Å²) in [5.41, 5.74) is 1.93. The molecule has 0 unspecified atom stereocenters. The van der Waals surface area contributed by atoms with Gasteiger partial charge in [-0.1, -0.05) is 32.0 Å². The highest BCUT2D eigenvalue weighted by molar-refractivity contribution is 5.83. The molecule has 0 bridgehead atoms. The molecule has 1 aromatic heterocycles. The molecule has 0 aliphatic carbocycles. The summed E-state index contributed by atoms with van der Waals surface area (Å²) in [5.74, 6) is 0. The van der Waals surface area contributed by atoms with Crippen LogP contribution in [0.25, 0.3) is 10.9 Å². The second-order valence-corrected chi connectivity index (χ2v) is 5.27. The van der Waals surface area contributed by atoms with Crippen molar-refractivity contribution in [2.24, 2.45) is 0 Å². The largest absolute Gasteiger partial charge is 0.411 e. The lowest BCUT2D eigenvalue weighted by Crippen LogP contribution is -2.21. The van der Waals surface area contributed by atoms with Crippen LogP contribution in [-0.2, 0) is 18.0 Å². The van der Waals surface area contributed by atoms with Gasteiger partial charge in [0.05, 0.1) is 5.52 Å². The maximum atomic E-state index is 12.1. The Morgan fingerprint density at radius 1 is 1.24 bits per heavy atom. The van der Waals surface area contributed by atoms with E-state index < -0.39 is 12.8 Å². The lowest BCUT2D eigenvalue weighted by molar-refractivity contribution is -0.181. The van der Waals surface area contributed by atoms with E-state index in [0.717, 1.165) is 16.5 Å². The van der Waals surface area contributed by atoms with Gasteiger partial charge in [-0.05, 0) is 11.6 Å². The van der Waals surface area contributed by atoms with Crippen molar-refractivity contribution in [1.29, 1.82) is 0 Å². The molecule has 2 rings (SSSR count). The number of halogens is 3. The van der Waals surface area contributed by atoms with E-state index in [9.17, 15) is 13.2 Å². The van der Waals surface area contributed by atoms with Crippen LogP contribution in [0.2, 0.25) is 0 Å². The molecule has 0 aliphatic heterocycles. The topological polar surface area (TPSA) is 26.2 Å². The van der Waals surface area contributed by atoms with Crippen LogP contribution in [0.15, 0.2) is 30.5 Å². The number of fused-ring (bicyclic) bond motifs is 1. The molecule has 0 fully saturated rings. The van der Waals surface area contributed by atoms with Crippen molar-refractivity contribution in [1.82, 2.24) is 9.88 Å². The van der Waals surface area contributed by atoms with Gasteiger partial charge in [0.2, 0.25) is 0 Å². The van der Waals surface area contributed by atoms with Crippen LogP contribution in [0.3, 0.4) is 0 Å². The number of alkyl halides is 3. The summed E-state index contributed by atoms with van der Waals surface area (Å²) >= 11 is 0. The molecule has 0 spiro atoms. The number of benzene rings is 1. The number of hydrogen-bond acceptors (Lipinski definition) is 2. The fraction of sp³-hybridized carbons (Fsp3) is 0.467. The lowest BCUT2D eigenvalue weighted by Gasteiger charge is -2.09. The Labute approximate surface area is 121 Å². The number of aromatic nitrogens is 1. The van der Waals surface area contributed by atoms with Crippen LogP contribution in [0.1, 0.15) is 19.4 Å². The van der Waals surface area contributed by atoms with Crippen LogP contribution in [0.4, 0.5) is 13.2 Å². The molecule has 21 heavy (non-hydrogen) atoms. The molecule has 0 saturated carbocycles. The van der Waals surface area contributed by atoms with Gasteiger partial charge >= 0.3 is 6.18 Å². The third-order valence-electron chi connectivity index (χ3n) is 3.07. The monoisotopic (exact) mass is 300 g/mol. The number of nitrogens with one attached hydrogen (secondary N) is 1. The molecule has 0 amide bonds. The predicted molar refractivity (Wildman–Crippen MR) is 75.9 cm³/mol. The first kappa shape index (κ1) is 15.9. The molecule has 0 aliphatic rings. The van der Waals surface area contributed by atoms with Crippen LogP contribution in [0, 0.1) is 0 Å². The molecular formula is C15H19F3N2O. The highest BCUT2D eigenvalue weighted by Crippen LogP contribution is 2.22. The van der Waals surface area contributed by atoms with Gasteiger partial charge in [0, 0.05) is 24.2 Å². The third kappa shape index (κ3) is 4.47. The molecule has 1 N–H and O–H groups in total. The van der Waals surface area contributed by atoms with Gasteiger partial charge in [0.25, 0.3) is 0 Å². The Hall–Kier alpha value is -1.53. The van der Waals surface area contributed by atoms with Crippen molar-refractivity contribution in [3.63, 3.8) is 0 Å². The van der Waals surface area contributed by atoms with Crippen molar-refractivity contribution >= 4 is 10.9 Å². The van der Waals surface area contributed by atoms with Crippen molar-refractivity contribution in [2.45, 2.75) is 39.3 Å². The molecule has 0 radical (unpaired) electrons. The van der Waals surface area contributed by atoms with Gasteiger partial charge in [-0.2, -0.15) is 13.2 Å². The second-order valence-electron chi connectivity index (χ2n) is 5.27. The number of para-hydroxylation sites is 1. The van der Waals surface area contributed by atoms with E-state index in [1.807, 2.05) is 44.3 Å². The van der Waals surface area contributed by atoms with Crippen molar-refractivity contribution in [2.75, 3.05) is 6.61 Å². The molecule has 0 saturated heterocycles. The standard InChI is InChI=1S/C15H19F3N2O/c1-11(2)19-7-12-8-20(10-21-9-15(16,17)18)14-6-4-3-5-13(12)14/h3-6,8,11,19H,7,9-10H2,1-2H3. The number of hydrogen-bond donors (Lipinski definition) is 1. The average molecular weight is 300 g/mol. The van der Waals surface area contributed by atoms with Crippen molar-refractivity contribution < 1.29 is 17.9 Å². The van der Waals surface area contributed by atoms with Crippen LogP contribution >= 0.6 is 0 Å². The van der Waals surface area contributed by atoms with E-state index in [2.05, 4.69) is 5.32 Å². The number of nitrogens with zero attached hydrogens (tertiary/aromatic N) is 1. The molecule has 116 valence electrons. The van der Waals surface area contributed by atoms with Gasteiger partial charge in [0.1, 0.15) is 13.3 Å². The van der Waals surface area contributed by atoms with E-state index >= 15 is 0 Å². The molecule has 3 nitrogen and oxygen atoms in total. The summed E-state index contributed by atoms with van der Waals surface area (Å²) in [5, 5.41) is 4.34. The van der Waals surface area contributed by atoms with E-state index in [1.54, 1.807) is 4.57 Å². The molecule has 1 aromatic carbocycles. The second kappa shape index (κ2) is 6.49. The minimum Gasteiger partial charge on any atom is -0.351 e. The SMILES string of the molecule is CC(C)NCc1cn(COCC(F)(F)F)c2ccccc12. The molecule has 6 heteroatoms. The zero-order chi connectivity index (χ0) is 15.5. The summed E-state index contributed by atoms with van der Waals surface area (Å²) in [4.78, 5) is 0. The van der Waals surface area contributed by atoms with Gasteiger partial charge < -0.3 is 14.6 Å². The number of ether oxygens (including phenoxy) is 1. The number of rotatable bonds is 6. The van der Waals surface area contributed by atoms with E-state index in [4.69, 9.17) is 4.74 Å². The first-order chi connectivity index (χ1) is 9.87. The molecule has 2 aromatic rings. The van der Waals surface area contributed by atoms with Crippen molar-refractivity contribution in [3.05, 3.63) is 36.0 Å². The Morgan fingerprint density at radius 2 is 1.95 bits per heavy atom. The minimum absolute atomic E-state index is 0.109. The quantitative estimate of drug-likeness (QED) is 0.881. The first-order valence-corrected chi connectivity index (χ1v) is 6.81. The highest BCUT2D eigenvalue weighted by atomic mass is 19.4. The maximum absolute atomic E-state index is 12.1. The van der Waals surface area contributed by atoms with Gasteiger partial charge in [-0.3, -0.25) is 0 Å². The fourth-order valence-electron chi connectivity index (χ4n) is 2.14. The fourth-order valence-corrected chi connectivity index (χ4v) is 2.14. The molecule has 1 heterocycles. The summed E-state index contributed by atoms with van der Waals surface area (Å²) in [6.07, 6.45) is -2.46. The van der Waals surface area contributed by atoms with E-state index in [1.165, 1.54) is 0 Å². The van der Waals surface area contributed by atoms with Crippen LogP contribution < -0.4 is 5.32 Å². The average Bonchev–Trinajstić information content (AvgIpc) is 2.74. The lowest BCUT2D eigenvalue weighted by atomic mass is 10.2. The van der Waals surface area contributed by atoms with Crippen LogP contribution in [0.5, 0.6) is 0 Å². The smallest absolute Gasteiger partial charge is 0.351 e. The van der Waals surface area contributed by atoms with Gasteiger partial charge in [0.15, 0.2) is 0 Å². The molecule has 0 atom stereocenters. The highest BCUT2D eigenvalue weighted by Gasteiger charge is 2.27. The van der Waals surface area contributed by atoms with Gasteiger partial charge in [-0.15, -0.1) is 0 Å².